The lowest BCUT2D eigenvalue weighted by Crippen LogP contribution is -2.37. The summed E-state index contributed by atoms with van der Waals surface area (Å²) in [7, 11) is 0. The first-order chi connectivity index (χ1) is 15.9. The number of thiazole rings is 1. The molecule has 0 unspecified atom stereocenters. The molecule has 1 aliphatic carbocycles. The maximum absolute atomic E-state index is 11.3. The zero-order valence-corrected chi connectivity index (χ0v) is 20.2. The molecule has 0 amide bonds. The van der Waals surface area contributed by atoms with Gasteiger partial charge >= 0.3 is 5.97 Å². The van der Waals surface area contributed by atoms with E-state index < -0.39 is 5.97 Å². The van der Waals surface area contributed by atoms with Gasteiger partial charge in [-0.25, -0.2) is 15.0 Å². The number of anilines is 3. The second-order valence-corrected chi connectivity index (χ2v) is 10.1. The quantitative estimate of drug-likeness (QED) is 0.437. The molecule has 0 saturated heterocycles. The summed E-state index contributed by atoms with van der Waals surface area (Å²) in [6.45, 7) is 7.31. The lowest BCUT2D eigenvalue weighted by atomic mass is 9.82. The van der Waals surface area contributed by atoms with Crippen LogP contribution in [0.25, 0.3) is 10.6 Å². The van der Waals surface area contributed by atoms with E-state index in [9.17, 15) is 9.90 Å². The van der Waals surface area contributed by atoms with Gasteiger partial charge in [0.05, 0.1) is 16.5 Å². The monoisotopic (exact) mass is 465 g/mol. The third-order valence-corrected chi connectivity index (χ3v) is 7.24. The molecule has 0 atom stereocenters. The van der Waals surface area contributed by atoms with Crippen LogP contribution >= 0.6 is 11.3 Å². The van der Waals surface area contributed by atoms with Gasteiger partial charge in [-0.2, -0.15) is 0 Å². The highest BCUT2D eigenvalue weighted by Crippen LogP contribution is 2.35. The van der Waals surface area contributed by atoms with Gasteiger partial charge in [-0.15, -0.1) is 0 Å². The Hall–Kier alpha value is -3.00. The summed E-state index contributed by atoms with van der Waals surface area (Å²) in [6.07, 6.45) is 7.14. The third-order valence-electron chi connectivity index (χ3n) is 6.19. The predicted octanol–water partition coefficient (Wildman–Crippen LogP) is 5.76. The van der Waals surface area contributed by atoms with Crippen molar-refractivity contribution in [3.63, 3.8) is 0 Å². The summed E-state index contributed by atoms with van der Waals surface area (Å²) in [5.41, 5.74) is 2.02. The van der Waals surface area contributed by atoms with Gasteiger partial charge < -0.3 is 15.3 Å². The molecule has 0 aromatic carbocycles. The maximum atomic E-state index is 11.3. The summed E-state index contributed by atoms with van der Waals surface area (Å²) >= 11 is 1.65. The fourth-order valence-electron chi connectivity index (χ4n) is 4.27. The number of aliphatic carboxylic acids is 1. The van der Waals surface area contributed by atoms with E-state index in [1.54, 1.807) is 17.5 Å². The van der Waals surface area contributed by atoms with Crippen molar-refractivity contribution < 1.29 is 9.90 Å². The van der Waals surface area contributed by atoms with Gasteiger partial charge in [-0.05, 0) is 82.2 Å². The Kier molecular flexibility index (Phi) is 7.23. The standard InChI is InChI=1S/C25H31N5O2S/c1-16(2)30(15-18-7-9-19(10-8-18)24(31)32)25-27-14-21(33-25)20-5-4-6-22(28-20)29-23-13-17(3)11-12-26-23/h4-6,11-14,16,18-19H,7-10,15H2,1-3H3,(H,31,32)(H,26,28,29). The highest BCUT2D eigenvalue weighted by Gasteiger charge is 2.28. The minimum atomic E-state index is -0.652. The summed E-state index contributed by atoms with van der Waals surface area (Å²) in [6, 6.07) is 10.2. The van der Waals surface area contributed by atoms with Gasteiger partial charge in [0.15, 0.2) is 5.13 Å². The number of carboxylic acids is 1. The molecule has 7 nitrogen and oxygen atoms in total. The van der Waals surface area contributed by atoms with Crippen LogP contribution in [0.4, 0.5) is 16.8 Å². The molecule has 174 valence electrons. The Morgan fingerprint density at radius 1 is 1.18 bits per heavy atom. The van der Waals surface area contributed by atoms with Crippen LogP contribution in [0.1, 0.15) is 45.1 Å². The second kappa shape index (κ2) is 10.3. The third kappa shape index (κ3) is 5.87. The Morgan fingerprint density at radius 3 is 2.67 bits per heavy atom. The van der Waals surface area contributed by atoms with Crippen molar-refractivity contribution in [3.8, 4) is 10.6 Å². The number of rotatable bonds is 8. The van der Waals surface area contributed by atoms with Crippen molar-refractivity contribution in [3.05, 3.63) is 48.3 Å². The molecule has 8 heteroatoms. The van der Waals surface area contributed by atoms with E-state index in [1.165, 1.54) is 0 Å². The highest BCUT2D eigenvalue weighted by molar-refractivity contribution is 7.18. The van der Waals surface area contributed by atoms with E-state index in [2.05, 4.69) is 29.0 Å². The minimum absolute atomic E-state index is 0.179. The van der Waals surface area contributed by atoms with Crippen LogP contribution in [0.3, 0.4) is 0 Å². The first-order valence-electron chi connectivity index (χ1n) is 11.5. The molecule has 1 fully saturated rings. The molecule has 3 aromatic heterocycles. The Morgan fingerprint density at radius 2 is 1.97 bits per heavy atom. The van der Waals surface area contributed by atoms with Crippen LogP contribution in [0, 0.1) is 18.8 Å². The van der Waals surface area contributed by atoms with Crippen LogP contribution in [0.15, 0.2) is 42.7 Å². The molecular formula is C25H31N5O2S. The van der Waals surface area contributed by atoms with Crippen molar-refractivity contribution in [2.24, 2.45) is 11.8 Å². The van der Waals surface area contributed by atoms with Crippen molar-refractivity contribution in [2.75, 3.05) is 16.8 Å². The molecule has 4 rings (SSSR count). The number of hydrogen-bond acceptors (Lipinski definition) is 7. The van der Waals surface area contributed by atoms with Gasteiger partial charge in [0.25, 0.3) is 0 Å². The van der Waals surface area contributed by atoms with E-state index in [0.29, 0.717) is 12.0 Å². The Labute approximate surface area is 198 Å². The lowest BCUT2D eigenvalue weighted by Gasteiger charge is -2.33. The summed E-state index contributed by atoms with van der Waals surface area (Å²) in [4.78, 5) is 28.5. The van der Waals surface area contributed by atoms with Crippen molar-refractivity contribution in [1.29, 1.82) is 0 Å². The van der Waals surface area contributed by atoms with Crippen molar-refractivity contribution >= 4 is 34.1 Å². The number of aryl methyl sites for hydroxylation is 1. The number of nitrogens with zero attached hydrogens (tertiary/aromatic N) is 4. The lowest BCUT2D eigenvalue weighted by molar-refractivity contribution is -0.143. The van der Waals surface area contributed by atoms with Crippen LogP contribution in [-0.2, 0) is 4.79 Å². The molecule has 1 aliphatic rings. The summed E-state index contributed by atoms with van der Waals surface area (Å²) in [5, 5.41) is 13.5. The van der Waals surface area contributed by atoms with Gasteiger partial charge in [-0.3, -0.25) is 4.79 Å². The number of aromatic nitrogens is 3. The molecule has 1 saturated carbocycles. The average molecular weight is 466 g/mol. The normalized spacial score (nSPS) is 18.3. The van der Waals surface area contributed by atoms with Crippen LogP contribution in [0.5, 0.6) is 0 Å². The van der Waals surface area contributed by atoms with E-state index in [-0.39, 0.29) is 5.92 Å². The van der Waals surface area contributed by atoms with E-state index >= 15 is 0 Å². The topological polar surface area (TPSA) is 91.2 Å². The van der Waals surface area contributed by atoms with Crippen molar-refractivity contribution in [1.82, 2.24) is 15.0 Å². The predicted molar refractivity (Wildman–Crippen MR) is 133 cm³/mol. The zero-order valence-electron chi connectivity index (χ0n) is 19.4. The zero-order chi connectivity index (χ0) is 23.4. The minimum Gasteiger partial charge on any atom is -0.481 e. The fourth-order valence-corrected chi connectivity index (χ4v) is 5.30. The van der Waals surface area contributed by atoms with Crippen LogP contribution in [0.2, 0.25) is 0 Å². The Balaban J connectivity index is 1.46. The van der Waals surface area contributed by atoms with Gasteiger partial charge in [0.2, 0.25) is 0 Å². The van der Waals surface area contributed by atoms with E-state index in [0.717, 1.165) is 65.1 Å². The second-order valence-electron chi connectivity index (χ2n) is 9.06. The summed E-state index contributed by atoms with van der Waals surface area (Å²) in [5.74, 6) is 1.19. The number of hydrogen-bond donors (Lipinski definition) is 2. The first-order valence-corrected chi connectivity index (χ1v) is 12.3. The molecule has 2 N–H and O–H groups in total. The highest BCUT2D eigenvalue weighted by atomic mass is 32.1. The van der Waals surface area contributed by atoms with Crippen LogP contribution in [-0.4, -0.2) is 38.6 Å². The number of pyridine rings is 2. The smallest absolute Gasteiger partial charge is 0.306 e. The molecule has 3 heterocycles. The summed E-state index contributed by atoms with van der Waals surface area (Å²) < 4.78 is 0. The molecule has 33 heavy (non-hydrogen) atoms. The first kappa shape index (κ1) is 23.2. The molecule has 0 spiro atoms. The molecule has 0 aliphatic heterocycles. The maximum Gasteiger partial charge on any atom is 0.306 e. The van der Waals surface area contributed by atoms with E-state index in [4.69, 9.17) is 9.97 Å². The largest absolute Gasteiger partial charge is 0.481 e. The number of carboxylic acid groups (broad SMARTS) is 1. The molecular weight excluding hydrogens is 434 g/mol. The van der Waals surface area contributed by atoms with Crippen LogP contribution < -0.4 is 10.2 Å². The van der Waals surface area contributed by atoms with Crippen molar-refractivity contribution in [2.45, 2.75) is 52.5 Å². The molecule has 0 bridgehead atoms. The molecule has 3 aromatic rings. The van der Waals surface area contributed by atoms with Gasteiger partial charge in [0, 0.05) is 25.0 Å². The molecule has 0 radical (unpaired) electrons. The van der Waals surface area contributed by atoms with Gasteiger partial charge in [-0.1, -0.05) is 17.4 Å². The van der Waals surface area contributed by atoms with E-state index in [1.807, 2.05) is 43.5 Å². The SMILES string of the molecule is Cc1ccnc(Nc2cccc(-c3cnc(N(CC4CCC(C(=O)O)CC4)C(C)C)s3)n2)c1. The Bertz CT molecular complexity index is 1090. The number of nitrogens with one attached hydrogen (secondary N) is 1. The average Bonchev–Trinajstić information content (AvgIpc) is 3.28. The number of carbonyl (C=O) groups is 1. The fraction of sp³-hybridized carbons (Fsp3) is 0.440. The van der Waals surface area contributed by atoms with Gasteiger partial charge in [0.1, 0.15) is 11.6 Å².